The normalized spacial score (nSPS) is 23.2. The van der Waals surface area contributed by atoms with E-state index in [1.54, 1.807) is 0 Å². The fourth-order valence-corrected chi connectivity index (χ4v) is 6.29. The molecule has 206 valence electrons. The second-order valence-electron chi connectivity index (χ2n) is 12.1. The highest BCUT2D eigenvalue weighted by Crippen LogP contribution is 2.50. The number of aryl methyl sites for hydroxylation is 1. The van der Waals surface area contributed by atoms with E-state index in [-0.39, 0.29) is 33.7 Å². The highest BCUT2D eigenvalue weighted by atomic mass is 35.5. The standard InChI is InChI=1S/C31H38ClF3N2O/c1-6-7-8-26(21-11-9-20(2)10-12-21)37-28(38)27(22-17-24(31(33,34)35)19-25(32)18-22)36-30(37)15-13-23(14-16-30)29(3,4)5/h9-12,17-19,23,26H,6-8,13-16H2,1-5H3. The molecule has 3 nitrogen and oxygen atoms in total. The second-order valence-corrected chi connectivity index (χ2v) is 12.5. The molecule has 1 heterocycles. The van der Waals surface area contributed by atoms with Crippen molar-refractivity contribution in [3.05, 3.63) is 69.7 Å². The van der Waals surface area contributed by atoms with Gasteiger partial charge in [-0.2, -0.15) is 13.2 Å². The third-order valence-electron chi connectivity index (χ3n) is 8.30. The average molecular weight is 547 g/mol. The van der Waals surface area contributed by atoms with E-state index in [1.807, 2.05) is 24.0 Å². The lowest BCUT2D eigenvalue weighted by Gasteiger charge is -2.47. The van der Waals surface area contributed by atoms with Gasteiger partial charge in [-0.15, -0.1) is 0 Å². The van der Waals surface area contributed by atoms with Gasteiger partial charge in [0.1, 0.15) is 11.4 Å². The highest BCUT2D eigenvalue weighted by molar-refractivity contribution is 6.47. The number of rotatable bonds is 6. The van der Waals surface area contributed by atoms with Crippen LogP contribution in [-0.2, 0) is 11.0 Å². The first-order chi connectivity index (χ1) is 17.7. The lowest BCUT2D eigenvalue weighted by Crippen LogP contribution is -2.51. The fraction of sp³-hybridized carbons (Fsp3) is 0.548. The number of amides is 1. The predicted molar refractivity (Wildman–Crippen MR) is 147 cm³/mol. The summed E-state index contributed by atoms with van der Waals surface area (Å²) in [5, 5.41) is -0.0599. The fourth-order valence-electron chi connectivity index (χ4n) is 6.05. The van der Waals surface area contributed by atoms with E-state index in [4.69, 9.17) is 16.6 Å². The minimum Gasteiger partial charge on any atom is -0.305 e. The molecule has 7 heteroatoms. The number of unbranched alkanes of at least 4 members (excludes halogenated alkanes) is 1. The van der Waals surface area contributed by atoms with E-state index in [9.17, 15) is 18.0 Å². The number of carbonyl (C=O) groups is 1. The van der Waals surface area contributed by atoms with E-state index < -0.39 is 17.4 Å². The summed E-state index contributed by atoms with van der Waals surface area (Å²) in [4.78, 5) is 21.2. The number of hydrogen-bond acceptors (Lipinski definition) is 2. The molecule has 2 aromatic carbocycles. The summed E-state index contributed by atoms with van der Waals surface area (Å²) in [6, 6.07) is 11.3. The Labute approximate surface area is 229 Å². The lowest BCUT2D eigenvalue weighted by atomic mass is 9.69. The van der Waals surface area contributed by atoms with Gasteiger partial charge in [0.2, 0.25) is 0 Å². The Bertz CT molecular complexity index is 1190. The van der Waals surface area contributed by atoms with Gasteiger partial charge in [-0.25, -0.2) is 0 Å². The van der Waals surface area contributed by atoms with Crippen LogP contribution in [0.3, 0.4) is 0 Å². The number of nitrogens with zero attached hydrogens (tertiary/aromatic N) is 2. The highest BCUT2D eigenvalue weighted by Gasteiger charge is 2.52. The van der Waals surface area contributed by atoms with Crippen LogP contribution in [0.5, 0.6) is 0 Å². The van der Waals surface area contributed by atoms with Crippen LogP contribution in [-0.4, -0.2) is 22.2 Å². The Hall–Kier alpha value is -2.34. The van der Waals surface area contributed by atoms with Crippen molar-refractivity contribution in [2.75, 3.05) is 0 Å². The molecule has 38 heavy (non-hydrogen) atoms. The number of carbonyl (C=O) groups excluding carboxylic acids is 1. The van der Waals surface area contributed by atoms with Crippen molar-refractivity contribution in [2.45, 2.75) is 97.4 Å². The molecule has 1 spiro atoms. The molecule has 1 atom stereocenters. The minimum atomic E-state index is -4.57. The van der Waals surface area contributed by atoms with E-state index in [0.717, 1.165) is 55.4 Å². The van der Waals surface area contributed by atoms with Crippen molar-refractivity contribution in [3.8, 4) is 0 Å². The van der Waals surface area contributed by atoms with Gasteiger partial charge in [-0.05, 0) is 74.1 Å². The van der Waals surface area contributed by atoms with Crippen LogP contribution >= 0.6 is 11.6 Å². The summed E-state index contributed by atoms with van der Waals surface area (Å²) >= 11 is 6.13. The van der Waals surface area contributed by atoms with Crippen molar-refractivity contribution in [1.29, 1.82) is 0 Å². The number of aliphatic imine (C=N–C) groups is 1. The molecule has 0 radical (unpaired) electrons. The predicted octanol–water partition coefficient (Wildman–Crippen LogP) is 9.16. The molecule has 1 saturated carbocycles. The Morgan fingerprint density at radius 2 is 1.71 bits per heavy atom. The topological polar surface area (TPSA) is 32.7 Å². The van der Waals surface area contributed by atoms with Crippen LogP contribution < -0.4 is 0 Å². The molecule has 1 amide bonds. The summed E-state index contributed by atoms with van der Waals surface area (Å²) in [6.07, 6.45) is 1.27. The van der Waals surface area contributed by atoms with Crippen LogP contribution in [0.25, 0.3) is 0 Å². The van der Waals surface area contributed by atoms with E-state index in [1.165, 1.54) is 6.07 Å². The first-order valence-electron chi connectivity index (χ1n) is 13.6. The Morgan fingerprint density at radius 3 is 2.26 bits per heavy atom. The molecular weight excluding hydrogens is 509 g/mol. The third kappa shape index (κ3) is 5.80. The van der Waals surface area contributed by atoms with Gasteiger partial charge in [-0.1, -0.05) is 82.0 Å². The summed E-state index contributed by atoms with van der Waals surface area (Å²) < 4.78 is 40.9. The number of halogens is 4. The van der Waals surface area contributed by atoms with Gasteiger partial charge in [0.25, 0.3) is 5.91 Å². The van der Waals surface area contributed by atoms with Gasteiger partial charge in [0.15, 0.2) is 0 Å². The Balaban J connectivity index is 1.83. The summed E-state index contributed by atoms with van der Waals surface area (Å²) in [5.74, 6) is 0.178. The first kappa shape index (κ1) is 28.7. The molecule has 1 aliphatic carbocycles. The van der Waals surface area contributed by atoms with Gasteiger partial charge in [-0.3, -0.25) is 9.79 Å². The van der Waals surface area contributed by atoms with Gasteiger partial charge in [0.05, 0.1) is 11.6 Å². The molecule has 0 aromatic heterocycles. The summed E-state index contributed by atoms with van der Waals surface area (Å²) in [7, 11) is 0. The average Bonchev–Trinajstić information content (AvgIpc) is 3.11. The zero-order valence-corrected chi connectivity index (χ0v) is 23.7. The van der Waals surface area contributed by atoms with Crippen LogP contribution in [0.15, 0.2) is 47.5 Å². The van der Waals surface area contributed by atoms with E-state index in [0.29, 0.717) is 18.8 Å². The van der Waals surface area contributed by atoms with Crippen molar-refractivity contribution in [3.63, 3.8) is 0 Å². The molecule has 2 aliphatic rings. The molecule has 0 N–H and O–H groups in total. The van der Waals surface area contributed by atoms with Crippen LogP contribution in [0.2, 0.25) is 5.02 Å². The number of alkyl halides is 3. The molecule has 4 rings (SSSR count). The Kier molecular flexibility index (Phi) is 8.05. The molecule has 1 unspecified atom stereocenters. The van der Waals surface area contributed by atoms with Crippen LogP contribution in [0.4, 0.5) is 13.2 Å². The molecule has 2 aromatic rings. The molecule has 1 aliphatic heterocycles. The monoisotopic (exact) mass is 546 g/mol. The zero-order chi connectivity index (χ0) is 27.9. The lowest BCUT2D eigenvalue weighted by molar-refractivity contribution is -0.137. The minimum absolute atomic E-state index is 0.0599. The first-order valence-corrected chi connectivity index (χ1v) is 14.0. The number of hydrogen-bond donors (Lipinski definition) is 0. The second kappa shape index (κ2) is 10.7. The van der Waals surface area contributed by atoms with E-state index >= 15 is 0 Å². The van der Waals surface area contributed by atoms with Crippen molar-refractivity contribution in [2.24, 2.45) is 16.3 Å². The summed E-state index contributed by atoms with van der Waals surface area (Å²) in [6.45, 7) is 10.9. The number of benzene rings is 2. The molecule has 0 saturated heterocycles. The van der Waals surface area contributed by atoms with Crippen molar-refractivity contribution in [1.82, 2.24) is 4.90 Å². The quantitative estimate of drug-likeness (QED) is 0.355. The zero-order valence-electron chi connectivity index (χ0n) is 23.0. The van der Waals surface area contributed by atoms with E-state index in [2.05, 4.69) is 39.8 Å². The third-order valence-corrected chi connectivity index (χ3v) is 8.52. The maximum atomic E-state index is 14.2. The van der Waals surface area contributed by atoms with Crippen LogP contribution in [0, 0.1) is 18.3 Å². The largest absolute Gasteiger partial charge is 0.416 e. The van der Waals surface area contributed by atoms with Gasteiger partial charge < -0.3 is 4.90 Å². The maximum absolute atomic E-state index is 14.2. The Morgan fingerprint density at radius 1 is 1.08 bits per heavy atom. The van der Waals surface area contributed by atoms with Crippen molar-refractivity contribution < 1.29 is 18.0 Å². The smallest absolute Gasteiger partial charge is 0.305 e. The maximum Gasteiger partial charge on any atom is 0.416 e. The summed E-state index contributed by atoms with van der Waals surface area (Å²) in [5.41, 5.74) is 0.862. The van der Waals surface area contributed by atoms with Crippen molar-refractivity contribution >= 4 is 23.2 Å². The van der Waals surface area contributed by atoms with Gasteiger partial charge in [0, 0.05) is 10.6 Å². The van der Waals surface area contributed by atoms with Gasteiger partial charge >= 0.3 is 6.18 Å². The molecule has 0 bridgehead atoms. The van der Waals surface area contributed by atoms with Crippen LogP contribution in [0.1, 0.15) is 101 Å². The molecular formula is C31H38ClF3N2O. The SMILES string of the molecule is CCCCC(c1ccc(C)cc1)N1C(=O)C(c2cc(Cl)cc(C(F)(F)F)c2)=NC12CCC(C(C)(C)C)CC2. The molecule has 1 fully saturated rings.